The molecule has 1 rings (SSSR count). The summed E-state index contributed by atoms with van der Waals surface area (Å²) in [6, 6.07) is 9.29. The maximum absolute atomic E-state index is 2.33. The molecule has 0 nitrogen and oxygen atoms in total. The second-order valence-corrected chi connectivity index (χ2v) is 5.87. The van der Waals surface area contributed by atoms with Crippen molar-refractivity contribution in [2.45, 2.75) is 52.4 Å². The Morgan fingerprint density at radius 2 is 1.56 bits per heavy atom. The zero-order chi connectivity index (χ0) is 11.6. The van der Waals surface area contributed by atoms with E-state index in [1.54, 1.807) is 0 Å². The lowest BCUT2D eigenvalue weighted by Gasteiger charge is -2.04. The molecule has 0 bridgehead atoms. The third-order valence-corrected chi connectivity index (χ3v) is 4.23. The van der Waals surface area contributed by atoms with Crippen LogP contribution in [-0.4, -0.2) is 6.16 Å². The molecule has 1 aromatic carbocycles. The van der Waals surface area contributed by atoms with Crippen LogP contribution in [0.3, 0.4) is 0 Å². The molecule has 1 aromatic rings. The summed E-state index contributed by atoms with van der Waals surface area (Å²) in [6.45, 7) is 4.52. The fraction of sp³-hybridized carbons (Fsp3) is 0.600. The van der Waals surface area contributed by atoms with Crippen LogP contribution in [0.1, 0.15) is 51.5 Å². The molecule has 0 aliphatic carbocycles. The van der Waals surface area contributed by atoms with Gasteiger partial charge in [-0.3, -0.25) is 0 Å². The van der Waals surface area contributed by atoms with Crippen LogP contribution in [0, 0.1) is 0 Å². The van der Waals surface area contributed by atoms with Gasteiger partial charge in [0.15, 0.2) is 0 Å². The van der Waals surface area contributed by atoms with Crippen LogP contribution in [0.5, 0.6) is 0 Å². The van der Waals surface area contributed by atoms with Gasteiger partial charge in [0.2, 0.25) is 0 Å². The van der Waals surface area contributed by atoms with E-state index in [9.17, 15) is 0 Å². The molecule has 0 spiro atoms. The third-order valence-electron chi connectivity index (χ3n) is 2.88. The predicted octanol–water partition coefficient (Wildman–Crippen LogP) is 4.52. The summed E-state index contributed by atoms with van der Waals surface area (Å²) in [7, 11) is 1.01. The van der Waals surface area contributed by atoms with Crippen molar-refractivity contribution in [3.8, 4) is 0 Å². The minimum atomic E-state index is 1.01. The van der Waals surface area contributed by atoms with Gasteiger partial charge < -0.3 is 0 Å². The average Bonchev–Trinajstić information content (AvgIpc) is 2.33. The van der Waals surface area contributed by atoms with Crippen molar-refractivity contribution in [1.29, 1.82) is 0 Å². The second kappa shape index (κ2) is 8.76. The summed E-state index contributed by atoms with van der Waals surface area (Å²) in [5, 5.41) is 1.54. The topological polar surface area (TPSA) is 0 Å². The van der Waals surface area contributed by atoms with Gasteiger partial charge in [-0.05, 0) is 36.3 Å². The highest BCUT2D eigenvalue weighted by Gasteiger charge is 1.95. The van der Waals surface area contributed by atoms with Gasteiger partial charge in [0.25, 0.3) is 0 Å². The number of hydrogen-bond acceptors (Lipinski definition) is 0. The lowest BCUT2D eigenvalue weighted by atomic mass is 10.1. The fourth-order valence-corrected chi connectivity index (χ4v) is 2.90. The van der Waals surface area contributed by atoms with Crippen molar-refractivity contribution in [1.82, 2.24) is 0 Å². The van der Waals surface area contributed by atoms with Crippen LogP contribution in [0.4, 0.5) is 0 Å². The highest BCUT2D eigenvalue weighted by Crippen LogP contribution is 2.14. The summed E-state index contributed by atoms with van der Waals surface area (Å²) in [5.41, 5.74) is 1.50. The SMILES string of the molecule is CCCCCPc1ccc(CCCC)cc1. The Kier molecular flexibility index (Phi) is 7.51. The molecule has 0 heterocycles. The molecule has 1 atom stereocenters. The van der Waals surface area contributed by atoms with Gasteiger partial charge in [-0.2, -0.15) is 0 Å². The van der Waals surface area contributed by atoms with Crippen LogP contribution in [0.25, 0.3) is 0 Å². The normalized spacial score (nSPS) is 11.4. The second-order valence-electron chi connectivity index (χ2n) is 4.43. The van der Waals surface area contributed by atoms with Crippen molar-refractivity contribution in [2.24, 2.45) is 0 Å². The lowest BCUT2D eigenvalue weighted by molar-refractivity contribution is 0.778. The van der Waals surface area contributed by atoms with Gasteiger partial charge in [-0.25, -0.2) is 0 Å². The Hall–Kier alpha value is -0.350. The van der Waals surface area contributed by atoms with Gasteiger partial charge in [0, 0.05) is 0 Å². The van der Waals surface area contributed by atoms with Crippen molar-refractivity contribution in [3.05, 3.63) is 29.8 Å². The first-order valence-electron chi connectivity index (χ1n) is 6.69. The highest BCUT2D eigenvalue weighted by molar-refractivity contribution is 7.47. The molecule has 0 aliphatic heterocycles. The smallest absolute Gasteiger partial charge is 0.0271 e. The molecule has 1 heteroatoms. The van der Waals surface area contributed by atoms with E-state index in [1.807, 2.05) is 0 Å². The molecule has 90 valence electrons. The third kappa shape index (κ3) is 5.66. The van der Waals surface area contributed by atoms with Crippen molar-refractivity contribution in [3.63, 3.8) is 0 Å². The number of aryl methyl sites for hydroxylation is 1. The molecule has 0 amide bonds. The highest BCUT2D eigenvalue weighted by atomic mass is 31.1. The molecule has 0 aliphatic rings. The zero-order valence-electron chi connectivity index (χ0n) is 10.8. The molecule has 0 aromatic heterocycles. The maximum Gasteiger partial charge on any atom is -0.0271 e. The van der Waals surface area contributed by atoms with E-state index in [4.69, 9.17) is 0 Å². The van der Waals surface area contributed by atoms with Gasteiger partial charge in [-0.15, -0.1) is 0 Å². The quantitative estimate of drug-likeness (QED) is 0.460. The van der Waals surface area contributed by atoms with Crippen LogP contribution >= 0.6 is 8.58 Å². The summed E-state index contributed by atoms with van der Waals surface area (Å²) in [6.07, 6.45) is 9.35. The number of hydrogen-bond donors (Lipinski definition) is 0. The Morgan fingerprint density at radius 3 is 2.19 bits per heavy atom. The van der Waals surface area contributed by atoms with E-state index in [0.29, 0.717) is 0 Å². The molecular weight excluding hydrogens is 211 g/mol. The van der Waals surface area contributed by atoms with Gasteiger partial charge in [0.1, 0.15) is 0 Å². The number of unbranched alkanes of at least 4 members (excludes halogenated alkanes) is 3. The largest absolute Gasteiger partial charge is 0.0904 e. The van der Waals surface area contributed by atoms with Crippen LogP contribution in [0.15, 0.2) is 24.3 Å². The summed E-state index contributed by atoms with van der Waals surface area (Å²) >= 11 is 0. The minimum absolute atomic E-state index is 1.01. The Bertz CT molecular complexity index is 263. The first-order valence-corrected chi connectivity index (χ1v) is 7.90. The first kappa shape index (κ1) is 13.7. The molecule has 0 radical (unpaired) electrons. The van der Waals surface area contributed by atoms with Crippen LogP contribution < -0.4 is 5.30 Å². The zero-order valence-corrected chi connectivity index (χ0v) is 11.8. The maximum atomic E-state index is 2.33. The number of benzene rings is 1. The van der Waals surface area contributed by atoms with E-state index >= 15 is 0 Å². The van der Waals surface area contributed by atoms with E-state index in [1.165, 1.54) is 55.6 Å². The van der Waals surface area contributed by atoms with E-state index in [2.05, 4.69) is 38.1 Å². The molecule has 16 heavy (non-hydrogen) atoms. The van der Waals surface area contributed by atoms with Gasteiger partial charge >= 0.3 is 0 Å². The van der Waals surface area contributed by atoms with Crippen molar-refractivity contribution >= 4 is 13.9 Å². The summed E-state index contributed by atoms with van der Waals surface area (Å²) < 4.78 is 0. The van der Waals surface area contributed by atoms with E-state index < -0.39 is 0 Å². The lowest BCUT2D eigenvalue weighted by Crippen LogP contribution is -1.96. The number of rotatable bonds is 8. The first-order chi connectivity index (χ1) is 7.86. The Labute approximate surface area is 103 Å². The van der Waals surface area contributed by atoms with Crippen molar-refractivity contribution in [2.75, 3.05) is 6.16 Å². The van der Waals surface area contributed by atoms with Crippen LogP contribution in [0.2, 0.25) is 0 Å². The van der Waals surface area contributed by atoms with Crippen molar-refractivity contribution < 1.29 is 0 Å². The van der Waals surface area contributed by atoms with Crippen LogP contribution in [-0.2, 0) is 6.42 Å². The van der Waals surface area contributed by atoms with Gasteiger partial charge in [0.05, 0.1) is 0 Å². The predicted molar refractivity (Wildman–Crippen MR) is 77.4 cm³/mol. The van der Waals surface area contributed by atoms with E-state index in [0.717, 1.165) is 8.58 Å². The van der Waals surface area contributed by atoms with E-state index in [-0.39, 0.29) is 0 Å². The molecule has 0 N–H and O–H groups in total. The summed E-state index contributed by atoms with van der Waals surface area (Å²) in [4.78, 5) is 0. The fourth-order valence-electron chi connectivity index (χ4n) is 1.78. The minimum Gasteiger partial charge on any atom is -0.0904 e. The molecule has 0 saturated heterocycles. The summed E-state index contributed by atoms with van der Waals surface area (Å²) in [5.74, 6) is 0. The molecule has 0 fully saturated rings. The molecular formula is C15H25P. The average molecular weight is 236 g/mol. The molecule has 0 saturated carbocycles. The Morgan fingerprint density at radius 1 is 0.875 bits per heavy atom. The molecule has 1 unspecified atom stereocenters. The standard InChI is InChI=1S/C15H25P/c1-3-5-7-13-16-15-11-9-14(10-12-15)8-6-4-2/h9-12,16H,3-8,13H2,1-2H3. The van der Waals surface area contributed by atoms with Gasteiger partial charge in [-0.1, -0.05) is 66.0 Å². The Balaban J connectivity index is 2.27. The monoisotopic (exact) mass is 236 g/mol.